The molecule has 39 heavy (non-hydrogen) atoms. The Labute approximate surface area is 239 Å². The third kappa shape index (κ3) is 5.43. The number of aryl methyl sites for hydroxylation is 1. The number of carbonyl (C=O) groups is 1. The summed E-state index contributed by atoms with van der Waals surface area (Å²) in [4.78, 5) is 34.3. The molecule has 1 saturated heterocycles. The van der Waals surface area contributed by atoms with Crippen molar-refractivity contribution in [1.82, 2.24) is 20.1 Å². The fraction of sp³-hybridized carbons (Fsp3) is 0.586. The third-order valence-corrected chi connectivity index (χ3v) is 9.83. The first kappa shape index (κ1) is 28.3. The van der Waals surface area contributed by atoms with Crippen LogP contribution < -0.4 is 20.3 Å². The summed E-state index contributed by atoms with van der Waals surface area (Å²) in [5.41, 5.74) is 2.22. The van der Waals surface area contributed by atoms with Gasteiger partial charge in [0.1, 0.15) is 0 Å². The molecule has 1 atom stereocenters. The van der Waals surface area contributed by atoms with Crippen LogP contribution in [0.4, 0.5) is 0 Å². The minimum absolute atomic E-state index is 0.114. The van der Waals surface area contributed by atoms with Gasteiger partial charge in [-0.25, -0.2) is 0 Å². The predicted molar refractivity (Wildman–Crippen MR) is 155 cm³/mol. The summed E-state index contributed by atoms with van der Waals surface area (Å²) in [5.74, 6) is 0.143. The molecular weight excluding hydrogens is 536 g/mol. The Morgan fingerprint density at radius 3 is 2.49 bits per heavy atom. The van der Waals surface area contributed by atoms with E-state index in [0.717, 1.165) is 49.4 Å². The zero-order chi connectivity index (χ0) is 28.1. The summed E-state index contributed by atoms with van der Waals surface area (Å²) in [6.07, 6.45) is 6.20. The number of hydrogen-bond donors (Lipinski definition) is 2. The van der Waals surface area contributed by atoms with Crippen molar-refractivity contribution < 1.29 is 14.3 Å². The second-order valence-corrected chi connectivity index (χ2v) is 12.8. The van der Waals surface area contributed by atoms with E-state index >= 15 is 0 Å². The van der Waals surface area contributed by atoms with E-state index in [1.807, 2.05) is 33.1 Å². The van der Waals surface area contributed by atoms with E-state index in [9.17, 15) is 9.59 Å². The van der Waals surface area contributed by atoms with Crippen LogP contribution in [0.3, 0.4) is 0 Å². The van der Waals surface area contributed by atoms with Gasteiger partial charge in [-0.1, -0.05) is 11.6 Å². The second kappa shape index (κ2) is 11.0. The van der Waals surface area contributed by atoms with Crippen molar-refractivity contribution in [2.45, 2.75) is 75.8 Å². The molecule has 0 bridgehead atoms. The summed E-state index contributed by atoms with van der Waals surface area (Å²) in [7, 11) is 4.31. The van der Waals surface area contributed by atoms with Crippen LogP contribution in [0.25, 0.3) is 0 Å². The summed E-state index contributed by atoms with van der Waals surface area (Å²) in [5, 5.41) is 3.25. The maximum absolute atomic E-state index is 13.2. The Morgan fingerprint density at radius 2 is 1.85 bits per heavy atom. The average Bonchev–Trinajstić information content (AvgIpc) is 3.24. The lowest BCUT2D eigenvalue weighted by Gasteiger charge is -2.49. The Bertz CT molecular complexity index is 1320. The molecular formula is C29H39ClN4O4S. The first-order chi connectivity index (χ1) is 18.5. The SMILES string of the molecule is CSc1cc(C)[nH]c(=O)c1CNC(=O)c1cc(Cl)c2c(c1C)O[C@](C)([C@H]1CC[C@H](N3CC(N(C)C)C3)CC1)O2. The van der Waals surface area contributed by atoms with Gasteiger partial charge in [-0.15, -0.1) is 11.8 Å². The molecule has 2 aliphatic heterocycles. The molecule has 10 heteroatoms. The highest BCUT2D eigenvalue weighted by Crippen LogP contribution is 2.52. The van der Waals surface area contributed by atoms with E-state index in [2.05, 4.69) is 34.2 Å². The smallest absolute Gasteiger partial charge is 0.254 e. The Morgan fingerprint density at radius 1 is 1.18 bits per heavy atom. The van der Waals surface area contributed by atoms with Gasteiger partial charge in [0.2, 0.25) is 0 Å². The van der Waals surface area contributed by atoms with Crippen LogP contribution in [-0.2, 0) is 6.54 Å². The van der Waals surface area contributed by atoms with Gasteiger partial charge in [0.25, 0.3) is 17.3 Å². The first-order valence-electron chi connectivity index (χ1n) is 13.7. The number of aromatic nitrogens is 1. The van der Waals surface area contributed by atoms with E-state index in [1.165, 1.54) is 11.8 Å². The molecule has 1 amide bonds. The maximum atomic E-state index is 13.2. The van der Waals surface area contributed by atoms with Crippen molar-refractivity contribution in [1.29, 1.82) is 0 Å². The van der Waals surface area contributed by atoms with E-state index in [1.54, 1.807) is 6.07 Å². The van der Waals surface area contributed by atoms with Crippen molar-refractivity contribution in [2.24, 2.45) is 5.92 Å². The lowest BCUT2D eigenvalue weighted by atomic mass is 9.80. The minimum Gasteiger partial charge on any atom is -0.448 e. The summed E-state index contributed by atoms with van der Waals surface area (Å²) >= 11 is 8.12. The van der Waals surface area contributed by atoms with Crippen molar-refractivity contribution in [3.05, 3.63) is 49.9 Å². The number of rotatable bonds is 7. The average molecular weight is 575 g/mol. The van der Waals surface area contributed by atoms with Gasteiger partial charge >= 0.3 is 0 Å². The molecule has 2 N–H and O–H groups in total. The molecule has 1 saturated carbocycles. The number of amides is 1. The molecule has 1 aromatic heterocycles. The normalized spacial score (nSPS) is 25.1. The van der Waals surface area contributed by atoms with E-state index in [-0.39, 0.29) is 23.9 Å². The van der Waals surface area contributed by atoms with Gasteiger partial charge in [-0.2, -0.15) is 0 Å². The number of pyridine rings is 1. The van der Waals surface area contributed by atoms with Crippen LogP contribution in [0, 0.1) is 19.8 Å². The fourth-order valence-electron chi connectivity index (χ4n) is 6.13. The summed E-state index contributed by atoms with van der Waals surface area (Å²) in [6, 6.07) is 4.83. The van der Waals surface area contributed by atoms with Crippen LogP contribution in [0.5, 0.6) is 11.5 Å². The van der Waals surface area contributed by atoms with Gasteiger partial charge in [0, 0.05) is 71.8 Å². The monoisotopic (exact) mass is 574 g/mol. The van der Waals surface area contributed by atoms with E-state index in [4.69, 9.17) is 21.1 Å². The van der Waals surface area contributed by atoms with E-state index in [0.29, 0.717) is 45.3 Å². The van der Waals surface area contributed by atoms with Crippen LogP contribution in [0.2, 0.25) is 5.02 Å². The van der Waals surface area contributed by atoms with Crippen molar-refractivity contribution >= 4 is 29.3 Å². The topological polar surface area (TPSA) is 86.9 Å². The molecule has 212 valence electrons. The number of likely N-dealkylation sites (N-methyl/N-ethyl adjacent to an activating group) is 1. The van der Waals surface area contributed by atoms with Crippen molar-refractivity contribution in [3.8, 4) is 11.5 Å². The highest BCUT2D eigenvalue weighted by Gasteiger charge is 2.48. The maximum Gasteiger partial charge on any atom is 0.254 e. The molecule has 0 spiro atoms. The molecule has 2 fully saturated rings. The fourth-order valence-corrected chi connectivity index (χ4v) is 7.07. The molecule has 3 heterocycles. The molecule has 0 radical (unpaired) electrons. The molecule has 1 aliphatic carbocycles. The van der Waals surface area contributed by atoms with Gasteiger partial charge in [0.05, 0.1) is 5.02 Å². The number of halogens is 1. The van der Waals surface area contributed by atoms with Crippen LogP contribution >= 0.6 is 23.4 Å². The molecule has 0 unspecified atom stereocenters. The predicted octanol–water partition coefficient (Wildman–Crippen LogP) is 4.59. The quantitative estimate of drug-likeness (QED) is 0.468. The largest absolute Gasteiger partial charge is 0.448 e. The Hall–Kier alpha value is -2.20. The summed E-state index contributed by atoms with van der Waals surface area (Å²) < 4.78 is 12.9. The van der Waals surface area contributed by atoms with Gasteiger partial charge in [-0.05, 0) is 72.0 Å². The lowest BCUT2D eigenvalue weighted by Crippen LogP contribution is -2.61. The zero-order valence-electron chi connectivity index (χ0n) is 23.7. The number of fused-ring (bicyclic) bond motifs is 1. The third-order valence-electron chi connectivity index (χ3n) is 8.74. The zero-order valence-corrected chi connectivity index (χ0v) is 25.2. The molecule has 1 aromatic carbocycles. The molecule has 5 rings (SSSR count). The first-order valence-corrected chi connectivity index (χ1v) is 15.3. The van der Waals surface area contributed by atoms with Gasteiger partial charge in [0.15, 0.2) is 11.5 Å². The standard InChI is InChI=1S/C29H39ClN4O4S/c1-16-11-24(39-6)22(28(36)32-16)13-31-27(35)21-12-23(30)26-25(17(21)2)37-29(3,38-26)18-7-9-19(10-8-18)34-14-20(15-34)33(4)5/h11-12,18-20H,7-10,13-15H2,1-6H3,(H,31,35)(H,32,36)/t18-,19-,29-/m0/s1. The second-order valence-electron chi connectivity index (χ2n) is 11.5. The molecule has 2 aromatic rings. The number of carbonyl (C=O) groups excluding carboxylic acids is 1. The molecule has 8 nitrogen and oxygen atoms in total. The number of hydrogen-bond acceptors (Lipinski definition) is 7. The van der Waals surface area contributed by atoms with Crippen molar-refractivity contribution in [3.63, 3.8) is 0 Å². The van der Waals surface area contributed by atoms with Crippen LogP contribution in [0.1, 0.15) is 59.8 Å². The number of ether oxygens (including phenoxy) is 2. The lowest BCUT2D eigenvalue weighted by molar-refractivity contribution is -0.127. The number of nitrogens with one attached hydrogen (secondary N) is 2. The van der Waals surface area contributed by atoms with Crippen LogP contribution in [0.15, 0.2) is 21.8 Å². The number of aromatic amines is 1. The highest BCUT2D eigenvalue weighted by atomic mass is 35.5. The molecule has 3 aliphatic rings. The van der Waals surface area contributed by atoms with Gasteiger partial charge in [-0.3, -0.25) is 14.5 Å². The number of thioether (sulfide) groups is 1. The Balaban J connectivity index is 1.26. The minimum atomic E-state index is -0.819. The number of H-pyrrole nitrogens is 1. The number of benzene rings is 1. The van der Waals surface area contributed by atoms with Crippen molar-refractivity contribution in [2.75, 3.05) is 33.4 Å². The number of likely N-dealkylation sites (tertiary alicyclic amines) is 1. The van der Waals surface area contributed by atoms with E-state index < -0.39 is 5.79 Å². The highest BCUT2D eigenvalue weighted by molar-refractivity contribution is 7.98. The number of nitrogens with zero attached hydrogens (tertiary/aromatic N) is 2. The summed E-state index contributed by atoms with van der Waals surface area (Å²) in [6.45, 7) is 8.10. The van der Waals surface area contributed by atoms with Crippen LogP contribution in [-0.4, -0.2) is 72.0 Å². The Kier molecular flexibility index (Phi) is 7.99. The van der Waals surface area contributed by atoms with Gasteiger partial charge < -0.3 is 24.7 Å².